The Kier molecular flexibility index (Phi) is 6.74. The van der Waals surface area contributed by atoms with Crippen LogP contribution in [0.15, 0.2) is 23.1 Å². The SMILES string of the molecule is Cc1ccc(F)c([C@@H](C)[C@H](NS(=O)(=O)c2c(Cl)cc(Cl)c3c2OCCN3C)c2nn[nH]n2)c1C. The third-order valence-corrected chi connectivity index (χ3v) is 8.26. The summed E-state index contributed by atoms with van der Waals surface area (Å²) in [5, 5.41) is 14.0. The van der Waals surface area contributed by atoms with Gasteiger partial charge in [-0.25, -0.2) is 12.8 Å². The van der Waals surface area contributed by atoms with Crippen molar-refractivity contribution in [1.82, 2.24) is 25.3 Å². The standard InChI is InChI=1S/C21H23Cl2FN6O3S/c1-10-5-6-15(24)16(11(10)2)12(3)17(21-25-28-29-26-21)27-34(31,32)20-14(23)9-13(22)18-19(20)33-8-7-30(18)4/h5-6,9,12,17,27H,7-8H2,1-4H3,(H,25,26,28,29)/t12-,17+/m1/s1. The summed E-state index contributed by atoms with van der Waals surface area (Å²) in [5.41, 5.74) is 2.33. The molecule has 0 spiro atoms. The summed E-state index contributed by atoms with van der Waals surface area (Å²) in [5.74, 6) is -1.06. The van der Waals surface area contributed by atoms with Gasteiger partial charge in [0.1, 0.15) is 17.3 Å². The van der Waals surface area contributed by atoms with Crippen LogP contribution < -0.4 is 14.4 Å². The molecule has 182 valence electrons. The van der Waals surface area contributed by atoms with E-state index in [1.165, 1.54) is 12.1 Å². The fraction of sp³-hybridized carbons (Fsp3) is 0.381. The molecule has 0 amide bonds. The Balaban J connectivity index is 1.83. The zero-order valence-electron chi connectivity index (χ0n) is 18.9. The van der Waals surface area contributed by atoms with Crippen molar-refractivity contribution < 1.29 is 17.5 Å². The topological polar surface area (TPSA) is 113 Å². The Morgan fingerprint density at radius 1 is 1.26 bits per heavy atom. The molecular weight excluding hydrogens is 506 g/mol. The molecule has 9 nitrogen and oxygen atoms in total. The van der Waals surface area contributed by atoms with Crippen molar-refractivity contribution in [3.05, 3.63) is 56.6 Å². The molecule has 1 aliphatic heterocycles. The number of fused-ring (bicyclic) bond motifs is 1. The van der Waals surface area contributed by atoms with Crippen LogP contribution in [0.5, 0.6) is 5.75 Å². The summed E-state index contributed by atoms with van der Waals surface area (Å²) in [4.78, 5) is 1.53. The number of benzene rings is 2. The van der Waals surface area contributed by atoms with Gasteiger partial charge in [0.15, 0.2) is 11.6 Å². The van der Waals surface area contributed by atoms with Gasteiger partial charge in [0, 0.05) is 13.0 Å². The summed E-state index contributed by atoms with van der Waals surface area (Å²) < 4.78 is 50.6. The first kappa shape index (κ1) is 24.6. The first-order valence-electron chi connectivity index (χ1n) is 10.4. The number of ether oxygens (including phenoxy) is 1. The first-order valence-corrected chi connectivity index (χ1v) is 12.6. The molecular formula is C21H23Cl2FN6O3S. The van der Waals surface area contributed by atoms with Crippen LogP contribution in [0.4, 0.5) is 10.1 Å². The van der Waals surface area contributed by atoms with Crippen LogP contribution in [0.3, 0.4) is 0 Å². The van der Waals surface area contributed by atoms with Crippen LogP contribution in [0.25, 0.3) is 0 Å². The van der Waals surface area contributed by atoms with Gasteiger partial charge in [0.25, 0.3) is 0 Å². The number of nitrogens with one attached hydrogen (secondary N) is 2. The average Bonchev–Trinajstić information content (AvgIpc) is 3.29. The van der Waals surface area contributed by atoms with Crippen molar-refractivity contribution in [2.45, 2.75) is 37.6 Å². The van der Waals surface area contributed by atoms with E-state index in [4.69, 9.17) is 27.9 Å². The van der Waals surface area contributed by atoms with Gasteiger partial charge in [0.05, 0.1) is 28.3 Å². The molecule has 3 aromatic rings. The van der Waals surface area contributed by atoms with E-state index >= 15 is 0 Å². The molecule has 2 heterocycles. The van der Waals surface area contributed by atoms with Crippen LogP contribution in [0, 0.1) is 19.7 Å². The fourth-order valence-corrected chi connectivity index (χ4v) is 6.51. The molecule has 4 rings (SSSR count). The van der Waals surface area contributed by atoms with E-state index in [2.05, 4.69) is 25.3 Å². The van der Waals surface area contributed by atoms with Crippen molar-refractivity contribution in [2.75, 3.05) is 25.1 Å². The Bertz CT molecular complexity index is 1340. The predicted octanol–water partition coefficient (Wildman–Crippen LogP) is 3.91. The number of hydrogen-bond donors (Lipinski definition) is 2. The Hall–Kier alpha value is -2.47. The van der Waals surface area contributed by atoms with Gasteiger partial charge < -0.3 is 9.64 Å². The minimum atomic E-state index is -4.32. The maximum Gasteiger partial charge on any atom is 0.246 e. The highest BCUT2D eigenvalue weighted by molar-refractivity contribution is 7.89. The summed E-state index contributed by atoms with van der Waals surface area (Å²) in [6, 6.07) is 3.31. The molecule has 13 heteroatoms. The molecule has 0 radical (unpaired) electrons. The number of anilines is 1. The van der Waals surface area contributed by atoms with Crippen molar-refractivity contribution >= 4 is 38.9 Å². The number of aromatic amines is 1. The lowest BCUT2D eigenvalue weighted by Gasteiger charge is -2.31. The van der Waals surface area contributed by atoms with Crippen LogP contribution in [-0.2, 0) is 10.0 Å². The maximum atomic E-state index is 14.9. The second kappa shape index (κ2) is 9.29. The number of aryl methyl sites for hydroxylation is 1. The maximum absolute atomic E-state index is 14.9. The number of hydrogen-bond acceptors (Lipinski definition) is 7. The molecule has 2 atom stereocenters. The van der Waals surface area contributed by atoms with Gasteiger partial charge in [-0.1, -0.05) is 41.4 Å². The van der Waals surface area contributed by atoms with Gasteiger partial charge in [-0.2, -0.15) is 9.94 Å². The Labute approximate surface area is 206 Å². The van der Waals surface area contributed by atoms with Crippen molar-refractivity contribution in [3.8, 4) is 5.75 Å². The smallest absolute Gasteiger partial charge is 0.246 e. The zero-order chi connectivity index (χ0) is 24.8. The number of H-pyrrole nitrogens is 1. The Morgan fingerprint density at radius 2 is 2.00 bits per heavy atom. The highest BCUT2D eigenvalue weighted by Gasteiger charge is 2.37. The van der Waals surface area contributed by atoms with Crippen molar-refractivity contribution in [1.29, 1.82) is 0 Å². The van der Waals surface area contributed by atoms with E-state index in [1.807, 2.05) is 6.92 Å². The number of aromatic nitrogens is 4. The molecule has 1 aromatic heterocycles. The number of tetrazole rings is 1. The number of likely N-dealkylation sites (N-methyl/N-ethyl adjacent to an activating group) is 1. The quantitative estimate of drug-likeness (QED) is 0.498. The van der Waals surface area contributed by atoms with Crippen molar-refractivity contribution in [2.24, 2.45) is 0 Å². The molecule has 0 fully saturated rings. The number of nitrogens with zero attached hydrogens (tertiary/aromatic N) is 4. The number of sulfonamides is 1. The van der Waals surface area contributed by atoms with Crippen molar-refractivity contribution in [3.63, 3.8) is 0 Å². The lowest BCUT2D eigenvalue weighted by atomic mass is 9.88. The second-order valence-electron chi connectivity index (χ2n) is 8.18. The van der Waals surface area contributed by atoms with Crippen LogP contribution in [0.2, 0.25) is 10.0 Å². The van der Waals surface area contributed by atoms with Crippen LogP contribution in [0.1, 0.15) is 41.4 Å². The summed E-state index contributed by atoms with van der Waals surface area (Å²) in [6.45, 7) is 6.10. The van der Waals surface area contributed by atoms with E-state index < -0.39 is 27.8 Å². The normalized spacial score (nSPS) is 15.6. The molecule has 0 saturated carbocycles. The molecule has 0 saturated heterocycles. The summed E-state index contributed by atoms with van der Waals surface area (Å²) in [6.07, 6.45) is 0. The highest BCUT2D eigenvalue weighted by Crippen LogP contribution is 2.46. The molecule has 0 unspecified atom stereocenters. The third-order valence-electron chi connectivity index (χ3n) is 6.05. The molecule has 0 bridgehead atoms. The number of halogens is 3. The van der Waals surface area contributed by atoms with E-state index in [-0.39, 0.29) is 33.1 Å². The largest absolute Gasteiger partial charge is 0.488 e. The zero-order valence-corrected chi connectivity index (χ0v) is 21.2. The summed E-state index contributed by atoms with van der Waals surface area (Å²) in [7, 11) is -2.55. The minimum Gasteiger partial charge on any atom is -0.488 e. The highest BCUT2D eigenvalue weighted by atomic mass is 35.5. The lowest BCUT2D eigenvalue weighted by Crippen LogP contribution is -2.35. The molecule has 2 aromatic carbocycles. The second-order valence-corrected chi connectivity index (χ2v) is 10.6. The van der Waals surface area contributed by atoms with Gasteiger partial charge in [-0.15, -0.1) is 10.2 Å². The molecule has 34 heavy (non-hydrogen) atoms. The average molecular weight is 529 g/mol. The van der Waals surface area contributed by atoms with Crippen LogP contribution >= 0.6 is 23.2 Å². The van der Waals surface area contributed by atoms with E-state index in [9.17, 15) is 12.8 Å². The minimum absolute atomic E-state index is 0.0494. The van der Waals surface area contributed by atoms with E-state index in [1.54, 1.807) is 31.9 Å². The molecule has 1 aliphatic rings. The lowest BCUT2D eigenvalue weighted by molar-refractivity contribution is 0.302. The van der Waals surface area contributed by atoms with Gasteiger partial charge in [-0.05, 0) is 42.7 Å². The fourth-order valence-electron chi connectivity index (χ4n) is 4.14. The van der Waals surface area contributed by atoms with Gasteiger partial charge in [-0.3, -0.25) is 0 Å². The predicted molar refractivity (Wildman–Crippen MR) is 127 cm³/mol. The van der Waals surface area contributed by atoms with Crippen LogP contribution in [-0.4, -0.2) is 49.2 Å². The molecule has 2 N–H and O–H groups in total. The van der Waals surface area contributed by atoms with Gasteiger partial charge >= 0.3 is 0 Å². The first-order chi connectivity index (χ1) is 16.0. The number of rotatable bonds is 6. The van der Waals surface area contributed by atoms with E-state index in [0.717, 1.165) is 5.56 Å². The van der Waals surface area contributed by atoms with E-state index in [0.29, 0.717) is 23.4 Å². The Morgan fingerprint density at radius 3 is 2.68 bits per heavy atom. The molecule has 0 aliphatic carbocycles. The third kappa shape index (κ3) is 4.33. The van der Waals surface area contributed by atoms with Gasteiger partial charge in [0.2, 0.25) is 10.0 Å². The monoisotopic (exact) mass is 528 g/mol. The summed E-state index contributed by atoms with van der Waals surface area (Å²) >= 11 is 12.7.